The number of alkyl halides is 1. The molecule has 0 spiro atoms. The van der Waals surface area contributed by atoms with Crippen LogP contribution in [0.1, 0.15) is 0 Å². The van der Waals surface area contributed by atoms with Crippen molar-refractivity contribution in [3.8, 4) is 0 Å². The van der Waals surface area contributed by atoms with Crippen LogP contribution in [0, 0.1) is 0 Å². The second-order valence-electron chi connectivity index (χ2n) is 0.895. The Morgan fingerprint density at radius 3 is 2.38 bits per heavy atom. The number of carboxylic acid groups (broad SMARTS) is 1. The molecule has 0 aromatic heterocycles. The van der Waals surface area contributed by atoms with Gasteiger partial charge in [0.15, 0.2) is 0 Å². The summed E-state index contributed by atoms with van der Waals surface area (Å²) in [6.45, 7) is 0. The van der Waals surface area contributed by atoms with E-state index in [9.17, 15) is 4.79 Å². The van der Waals surface area contributed by atoms with E-state index in [-0.39, 0.29) is 19.8 Å². The van der Waals surface area contributed by atoms with Crippen LogP contribution in [-0.4, -0.2) is 36.2 Å². The quantitative estimate of drug-likeness (QED) is 0.412. The molecule has 0 fully saturated rings. The first-order valence-electron chi connectivity index (χ1n) is 1.73. The minimum absolute atomic E-state index is 0. The predicted molar refractivity (Wildman–Crippen MR) is 40.5 cm³/mol. The summed E-state index contributed by atoms with van der Waals surface area (Å²) >= 11 is 3.03. The van der Waals surface area contributed by atoms with E-state index in [0.717, 1.165) is 6.08 Å². The van der Waals surface area contributed by atoms with Crippen molar-refractivity contribution in [2.75, 3.05) is 5.33 Å². The molecule has 0 saturated heterocycles. The molecule has 0 aliphatic heterocycles. The van der Waals surface area contributed by atoms with Crippen LogP contribution >= 0.6 is 15.9 Å². The monoisotopic (exact) mass is 236 g/mol. The maximum atomic E-state index is 9.65. The van der Waals surface area contributed by atoms with E-state index >= 15 is 0 Å². The average Bonchev–Trinajstić information content (AvgIpc) is 1.61. The standard InChI is InChI=1S/C4H5BrO2.Ga.3H/c5-3-1-2-4(6)7;;;;/h1-2H,3H2,(H,6,7);;;;. The van der Waals surface area contributed by atoms with Crippen LogP contribution in [0.25, 0.3) is 0 Å². The van der Waals surface area contributed by atoms with Gasteiger partial charge >= 0.3 is 25.8 Å². The van der Waals surface area contributed by atoms with Crippen LogP contribution in [0.4, 0.5) is 0 Å². The predicted octanol–water partition coefficient (Wildman–Crippen LogP) is -0.162. The van der Waals surface area contributed by atoms with Crippen molar-refractivity contribution in [2.45, 2.75) is 0 Å². The number of allylic oxidation sites excluding steroid dienone is 1. The van der Waals surface area contributed by atoms with Gasteiger partial charge in [0.25, 0.3) is 0 Å². The summed E-state index contributed by atoms with van der Waals surface area (Å²) in [5, 5.41) is 8.53. The first-order valence-corrected chi connectivity index (χ1v) is 2.85. The molecule has 8 heavy (non-hydrogen) atoms. The molecular formula is C4H8BrGaO2. The summed E-state index contributed by atoms with van der Waals surface area (Å²) in [5.41, 5.74) is 0. The van der Waals surface area contributed by atoms with E-state index in [1.807, 2.05) is 0 Å². The fourth-order valence-electron chi connectivity index (χ4n) is 0.145. The van der Waals surface area contributed by atoms with Gasteiger partial charge < -0.3 is 5.11 Å². The van der Waals surface area contributed by atoms with Gasteiger partial charge in [0.2, 0.25) is 0 Å². The fourth-order valence-corrected chi connectivity index (χ4v) is 0.332. The average molecular weight is 238 g/mol. The molecule has 1 N–H and O–H groups in total. The molecule has 0 aromatic rings. The summed E-state index contributed by atoms with van der Waals surface area (Å²) in [7, 11) is 0. The molecule has 0 rings (SSSR count). The Morgan fingerprint density at radius 2 is 2.25 bits per heavy atom. The summed E-state index contributed by atoms with van der Waals surface area (Å²) in [6, 6.07) is 0. The molecule has 0 aliphatic rings. The number of carboxylic acids is 1. The van der Waals surface area contributed by atoms with Gasteiger partial charge in [-0.1, -0.05) is 22.0 Å². The van der Waals surface area contributed by atoms with Crippen molar-refractivity contribution < 1.29 is 9.90 Å². The number of halogens is 1. The van der Waals surface area contributed by atoms with E-state index in [2.05, 4.69) is 15.9 Å². The number of rotatable bonds is 2. The molecule has 0 aromatic carbocycles. The zero-order chi connectivity index (χ0) is 5.70. The Bertz CT molecular complexity index is 92.0. The molecule has 0 heterocycles. The van der Waals surface area contributed by atoms with Crippen LogP contribution < -0.4 is 0 Å². The van der Waals surface area contributed by atoms with Crippen molar-refractivity contribution in [2.24, 2.45) is 0 Å². The van der Waals surface area contributed by atoms with E-state index in [1.54, 1.807) is 0 Å². The van der Waals surface area contributed by atoms with Gasteiger partial charge in [0.05, 0.1) is 0 Å². The maximum absolute atomic E-state index is 9.65. The van der Waals surface area contributed by atoms with Crippen molar-refractivity contribution >= 4 is 41.7 Å². The van der Waals surface area contributed by atoms with Crippen molar-refractivity contribution in [3.63, 3.8) is 0 Å². The van der Waals surface area contributed by atoms with Crippen LogP contribution in [0.3, 0.4) is 0 Å². The first-order chi connectivity index (χ1) is 3.27. The SMILES string of the molecule is O=C(O)C=CCBr.[GaH3]. The summed E-state index contributed by atoms with van der Waals surface area (Å²) < 4.78 is 0. The molecule has 0 atom stereocenters. The topological polar surface area (TPSA) is 37.3 Å². The third kappa shape index (κ3) is 9.59. The molecule has 0 saturated carbocycles. The van der Waals surface area contributed by atoms with Gasteiger partial charge in [-0.15, -0.1) is 0 Å². The van der Waals surface area contributed by atoms with Gasteiger partial charge in [0, 0.05) is 11.4 Å². The van der Waals surface area contributed by atoms with Crippen LogP contribution in [-0.2, 0) is 4.79 Å². The van der Waals surface area contributed by atoms with E-state index in [0.29, 0.717) is 5.33 Å². The van der Waals surface area contributed by atoms with E-state index < -0.39 is 5.97 Å². The summed E-state index contributed by atoms with van der Waals surface area (Å²) in [4.78, 5) is 9.65. The van der Waals surface area contributed by atoms with Crippen LogP contribution in [0.15, 0.2) is 12.2 Å². The molecule has 46 valence electrons. The molecule has 4 heteroatoms. The van der Waals surface area contributed by atoms with Crippen molar-refractivity contribution in [1.29, 1.82) is 0 Å². The summed E-state index contributed by atoms with van der Waals surface area (Å²) in [6.07, 6.45) is 2.61. The number of hydrogen-bond acceptors (Lipinski definition) is 1. The second kappa shape index (κ2) is 7.33. The number of aliphatic carboxylic acids is 1. The van der Waals surface area contributed by atoms with Crippen molar-refractivity contribution in [1.82, 2.24) is 0 Å². The molecule has 0 bridgehead atoms. The normalized spacial score (nSPS) is 8.62. The van der Waals surface area contributed by atoms with E-state index in [4.69, 9.17) is 5.11 Å². The van der Waals surface area contributed by atoms with E-state index in [1.165, 1.54) is 6.08 Å². The molecule has 2 nitrogen and oxygen atoms in total. The van der Waals surface area contributed by atoms with Crippen LogP contribution in [0.2, 0.25) is 0 Å². The zero-order valence-electron chi connectivity index (χ0n) is 3.60. The Balaban J connectivity index is 0. The number of carbonyl (C=O) groups is 1. The molecule has 0 radical (unpaired) electrons. The first kappa shape index (κ1) is 11.2. The van der Waals surface area contributed by atoms with Gasteiger partial charge in [0.1, 0.15) is 0 Å². The minimum atomic E-state index is -0.903. The van der Waals surface area contributed by atoms with Gasteiger partial charge in [-0.05, 0) is 0 Å². The van der Waals surface area contributed by atoms with Gasteiger partial charge in [-0.25, -0.2) is 4.79 Å². The Hall–Kier alpha value is 0.326. The number of hydrogen-bond donors (Lipinski definition) is 1. The zero-order valence-corrected chi connectivity index (χ0v) is 5.18. The second-order valence-corrected chi connectivity index (χ2v) is 1.54. The Labute approximate surface area is 69.1 Å². The van der Waals surface area contributed by atoms with Gasteiger partial charge in [-0.2, -0.15) is 0 Å². The van der Waals surface area contributed by atoms with Gasteiger partial charge in [-0.3, -0.25) is 0 Å². The third-order valence-corrected chi connectivity index (χ3v) is 0.723. The Morgan fingerprint density at radius 1 is 1.75 bits per heavy atom. The fraction of sp³-hybridized carbons (Fsp3) is 0.250. The Kier molecular flexibility index (Phi) is 10.2. The molecule has 0 aliphatic carbocycles. The molecule has 0 unspecified atom stereocenters. The molecular weight excluding hydrogens is 230 g/mol. The van der Waals surface area contributed by atoms with Crippen LogP contribution in [0.5, 0.6) is 0 Å². The third-order valence-electron chi connectivity index (χ3n) is 0.350. The summed E-state index contributed by atoms with van der Waals surface area (Å²) in [5.74, 6) is -0.903. The molecule has 0 amide bonds. The van der Waals surface area contributed by atoms with Crippen molar-refractivity contribution in [3.05, 3.63) is 12.2 Å².